The molecular weight excluding hydrogens is 379 g/mol. The van der Waals surface area contributed by atoms with E-state index in [9.17, 15) is 17.6 Å². The molecule has 0 radical (unpaired) electrons. The van der Waals surface area contributed by atoms with E-state index in [0.717, 1.165) is 12.8 Å². The van der Waals surface area contributed by atoms with Gasteiger partial charge < -0.3 is 9.88 Å². The zero-order valence-corrected chi connectivity index (χ0v) is 16.5. The van der Waals surface area contributed by atoms with Gasteiger partial charge in [-0.15, -0.1) is 0 Å². The van der Waals surface area contributed by atoms with Crippen LogP contribution in [0.5, 0.6) is 0 Å². The number of rotatable bonds is 8. The maximum Gasteiger partial charge on any atom is 0.239 e. The van der Waals surface area contributed by atoms with Gasteiger partial charge in [-0.1, -0.05) is 43.7 Å². The summed E-state index contributed by atoms with van der Waals surface area (Å²) in [7, 11) is -3.66. The molecule has 0 aliphatic rings. The van der Waals surface area contributed by atoms with Crippen LogP contribution < -0.4 is 5.32 Å². The van der Waals surface area contributed by atoms with Crippen LogP contribution in [0.4, 0.5) is 4.39 Å². The molecule has 0 fully saturated rings. The minimum atomic E-state index is -3.66. The third-order valence-corrected chi connectivity index (χ3v) is 6.23. The Hall–Kier alpha value is -2.67. The smallest absolute Gasteiger partial charge is 0.239 e. The second-order valence-electron chi connectivity index (χ2n) is 6.73. The Kier molecular flexibility index (Phi) is 6.14. The van der Waals surface area contributed by atoms with Gasteiger partial charge in [0.15, 0.2) is 9.84 Å². The van der Waals surface area contributed by atoms with Gasteiger partial charge in [0.2, 0.25) is 5.91 Å². The van der Waals surface area contributed by atoms with Gasteiger partial charge in [0.1, 0.15) is 12.4 Å². The summed E-state index contributed by atoms with van der Waals surface area (Å²) in [5.41, 5.74) is 1.20. The van der Waals surface area contributed by atoms with Gasteiger partial charge in [-0.25, -0.2) is 12.8 Å². The van der Waals surface area contributed by atoms with E-state index in [-0.39, 0.29) is 23.1 Å². The fraction of sp³-hybridized carbons (Fsp3) is 0.286. The molecule has 0 unspecified atom stereocenters. The molecule has 28 heavy (non-hydrogen) atoms. The number of amides is 1. The van der Waals surface area contributed by atoms with Gasteiger partial charge in [0.05, 0.1) is 10.6 Å². The van der Waals surface area contributed by atoms with Crippen LogP contribution in [-0.2, 0) is 26.9 Å². The van der Waals surface area contributed by atoms with Crippen LogP contribution in [0.1, 0.15) is 25.3 Å². The van der Waals surface area contributed by atoms with Crippen molar-refractivity contribution in [2.75, 3.05) is 6.54 Å². The van der Waals surface area contributed by atoms with Crippen molar-refractivity contribution in [1.82, 2.24) is 9.88 Å². The number of fused-ring (bicyclic) bond motifs is 1. The van der Waals surface area contributed by atoms with Crippen LogP contribution in [0.2, 0.25) is 0 Å². The van der Waals surface area contributed by atoms with Crippen LogP contribution in [0.3, 0.4) is 0 Å². The van der Waals surface area contributed by atoms with Crippen LogP contribution in [-0.4, -0.2) is 25.4 Å². The Balaban J connectivity index is 1.90. The molecule has 0 atom stereocenters. The van der Waals surface area contributed by atoms with E-state index in [1.807, 2.05) is 13.0 Å². The molecule has 5 nitrogen and oxygen atoms in total. The first-order valence-electron chi connectivity index (χ1n) is 9.22. The second kappa shape index (κ2) is 8.56. The number of carbonyl (C=O) groups excluding carboxylic acids is 1. The summed E-state index contributed by atoms with van der Waals surface area (Å²) >= 11 is 0. The number of para-hydroxylation sites is 1. The van der Waals surface area contributed by atoms with Gasteiger partial charge in [0.25, 0.3) is 0 Å². The lowest BCUT2D eigenvalue weighted by Crippen LogP contribution is -2.28. The van der Waals surface area contributed by atoms with Crippen molar-refractivity contribution in [2.24, 2.45) is 0 Å². The van der Waals surface area contributed by atoms with Gasteiger partial charge in [0, 0.05) is 23.6 Å². The number of benzene rings is 2. The van der Waals surface area contributed by atoms with Crippen molar-refractivity contribution in [3.63, 3.8) is 0 Å². The number of carbonyl (C=O) groups is 1. The van der Waals surface area contributed by atoms with Gasteiger partial charge >= 0.3 is 0 Å². The number of hydrogen-bond donors (Lipinski definition) is 1. The van der Waals surface area contributed by atoms with Crippen molar-refractivity contribution in [3.8, 4) is 0 Å². The highest BCUT2D eigenvalue weighted by atomic mass is 32.2. The summed E-state index contributed by atoms with van der Waals surface area (Å²) < 4.78 is 40.8. The lowest BCUT2D eigenvalue weighted by Gasteiger charge is -2.06. The molecule has 2 aromatic carbocycles. The lowest BCUT2D eigenvalue weighted by molar-refractivity contribution is -0.121. The third-order valence-electron chi connectivity index (χ3n) is 4.52. The molecule has 0 saturated carbocycles. The summed E-state index contributed by atoms with van der Waals surface area (Å²) in [5, 5.41) is 3.42. The fourth-order valence-electron chi connectivity index (χ4n) is 3.08. The van der Waals surface area contributed by atoms with Crippen LogP contribution in [0.25, 0.3) is 10.9 Å². The third kappa shape index (κ3) is 4.59. The number of sulfone groups is 1. The molecule has 1 amide bonds. The van der Waals surface area contributed by atoms with Crippen molar-refractivity contribution < 1.29 is 17.6 Å². The topological polar surface area (TPSA) is 68.2 Å². The summed E-state index contributed by atoms with van der Waals surface area (Å²) in [6.45, 7) is 2.70. The molecule has 1 aromatic heterocycles. The van der Waals surface area contributed by atoms with E-state index in [1.165, 1.54) is 30.5 Å². The number of halogens is 1. The standard InChI is InChI=1S/C21H23FN2O3S/c1-2-3-12-23-21(25)14-24-13-20(18-6-4-5-7-19(18)24)28(26,27)15-16-8-10-17(22)11-9-16/h4-11,13H,2-3,12,14-15H2,1H3,(H,23,25). The normalized spacial score (nSPS) is 11.6. The highest BCUT2D eigenvalue weighted by Crippen LogP contribution is 2.28. The van der Waals surface area contributed by atoms with Crippen molar-refractivity contribution in [1.29, 1.82) is 0 Å². The average Bonchev–Trinajstić information content (AvgIpc) is 3.03. The summed E-state index contributed by atoms with van der Waals surface area (Å²) in [6.07, 6.45) is 3.40. The van der Waals surface area contributed by atoms with Crippen molar-refractivity contribution >= 4 is 26.6 Å². The fourth-order valence-corrected chi connectivity index (χ4v) is 4.67. The van der Waals surface area contributed by atoms with Crippen LogP contribution >= 0.6 is 0 Å². The monoisotopic (exact) mass is 402 g/mol. The molecule has 1 N–H and O–H groups in total. The lowest BCUT2D eigenvalue weighted by atomic mass is 10.2. The molecule has 0 bridgehead atoms. The first-order valence-corrected chi connectivity index (χ1v) is 10.9. The number of unbranched alkanes of at least 4 members (excludes halogenated alkanes) is 1. The summed E-state index contributed by atoms with van der Waals surface area (Å²) in [4.78, 5) is 12.4. The predicted molar refractivity (Wildman–Crippen MR) is 107 cm³/mol. The average molecular weight is 402 g/mol. The quantitative estimate of drug-likeness (QED) is 0.585. The Bertz CT molecular complexity index is 1070. The van der Waals surface area contributed by atoms with E-state index in [1.54, 1.807) is 22.8 Å². The summed E-state index contributed by atoms with van der Waals surface area (Å²) in [6, 6.07) is 12.5. The largest absolute Gasteiger partial charge is 0.355 e. The first-order chi connectivity index (χ1) is 13.4. The first kappa shape index (κ1) is 20.1. The van der Waals surface area contributed by atoms with Crippen LogP contribution in [0, 0.1) is 5.82 Å². The maximum atomic E-state index is 13.1. The molecular formula is C21H23FN2O3S. The van der Waals surface area contributed by atoms with Gasteiger partial charge in [-0.2, -0.15) is 0 Å². The summed E-state index contributed by atoms with van der Waals surface area (Å²) in [5.74, 6) is -0.798. The van der Waals surface area contributed by atoms with E-state index in [2.05, 4.69) is 5.32 Å². The minimum Gasteiger partial charge on any atom is -0.355 e. The Morgan fingerprint density at radius 3 is 2.54 bits per heavy atom. The predicted octanol–water partition coefficient (Wildman–Crippen LogP) is 3.67. The number of nitrogens with one attached hydrogen (secondary N) is 1. The minimum absolute atomic E-state index is 0.0519. The SMILES string of the molecule is CCCCNC(=O)Cn1cc(S(=O)(=O)Cc2ccc(F)cc2)c2ccccc21. The molecule has 0 spiro atoms. The molecule has 1 heterocycles. The second-order valence-corrected chi connectivity index (χ2v) is 8.69. The van der Waals surface area contributed by atoms with E-state index in [4.69, 9.17) is 0 Å². The number of nitrogens with zero attached hydrogens (tertiary/aromatic N) is 1. The molecule has 7 heteroatoms. The highest BCUT2D eigenvalue weighted by molar-refractivity contribution is 7.90. The van der Waals surface area contributed by atoms with E-state index >= 15 is 0 Å². The Morgan fingerprint density at radius 2 is 1.82 bits per heavy atom. The molecule has 148 valence electrons. The molecule has 3 aromatic rings. The highest BCUT2D eigenvalue weighted by Gasteiger charge is 2.22. The van der Waals surface area contributed by atoms with Crippen molar-refractivity contribution in [3.05, 3.63) is 66.1 Å². The van der Waals surface area contributed by atoms with Gasteiger partial charge in [-0.3, -0.25) is 4.79 Å². The van der Waals surface area contributed by atoms with Crippen molar-refractivity contribution in [2.45, 2.75) is 37.0 Å². The van der Waals surface area contributed by atoms with E-state index < -0.39 is 15.7 Å². The molecule has 0 aliphatic heterocycles. The Labute approximate surface area is 164 Å². The zero-order chi connectivity index (χ0) is 20.1. The molecule has 0 aliphatic carbocycles. The van der Waals surface area contributed by atoms with E-state index in [0.29, 0.717) is 23.0 Å². The van der Waals surface area contributed by atoms with Crippen LogP contribution in [0.15, 0.2) is 59.6 Å². The zero-order valence-electron chi connectivity index (χ0n) is 15.7. The maximum absolute atomic E-state index is 13.1. The van der Waals surface area contributed by atoms with Gasteiger partial charge in [-0.05, 0) is 30.2 Å². The Morgan fingerprint density at radius 1 is 1.11 bits per heavy atom. The number of hydrogen-bond acceptors (Lipinski definition) is 3. The molecule has 0 saturated heterocycles. The molecule has 3 rings (SSSR count). The number of aromatic nitrogens is 1.